The summed E-state index contributed by atoms with van der Waals surface area (Å²) in [5.41, 5.74) is -1.38. The van der Waals surface area contributed by atoms with Gasteiger partial charge < -0.3 is 25.0 Å². The quantitative estimate of drug-likeness (QED) is 0.260. The Labute approximate surface area is 317 Å². The highest BCUT2D eigenvalue weighted by Gasteiger charge is 2.62. The highest BCUT2D eigenvalue weighted by Crippen LogP contribution is 2.47. The molecule has 2 aliphatic carbocycles. The van der Waals surface area contributed by atoms with Crippen molar-refractivity contribution < 1.29 is 54.6 Å². The van der Waals surface area contributed by atoms with E-state index in [1.807, 2.05) is 0 Å². The van der Waals surface area contributed by atoms with Gasteiger partial charge in [0.15, 0.2) is 0 Å². The SMILES string of the molecule is C.CC[C@@H]1C[C@]1(NC(=O)[C@@H]1C[C@@H](OC(=O)N2Cc3cccc(F)c3C2)CN1C(=O)[C@@H](Nc1cccc(OC(F)(F)F)c1)C(C)(C)C)C(=O)NS(=O)(=O)C1CC1. The molecule has 302 valence electrons. The minimum atomic E-state index is -4.96. The van der Waals surface area contributed by atoms with E-state index in [1.165, 1.54) is 34.1 Å². The standard InChI is InChI=1S/C36H43F4N5O8S.CH4/c1-5-21-16-35(21,32(48)43-54(50,51)25-12-13-25)42-30(46)28-15-24(52-33(49)44-17-20-8-6-11-27(37)26(20)19-44)18-45(28)31(47)29(34(2,3)4)41-22-9-7-10-23(14-22)53-36(38,39)40;/h6-11,14,21,24-25,28-29,41H,5,12-13,15-19H2,1-4H3,(H,42,46)(H,43,48);1H4/t21-,24-,28+,29-,35-;/m1./s1. The number of benzene rings is 2. The monoisotopic (exact) mass is 797 g/mol. The number of carbonyl (C=O) groups excluding carboxylic acids is 4. The molecule has 3 N–H and O–H groups in total. The van der Waals surface area contributed by atoms with E-state index in [4.69, 9.17) is 4.74 Å². The number of ether oxygens (including phenoxy) is 2. The summed E-state index contributed by atoms with van der Waals surface area (Å²) in [6.07, 6.45) is -5.55. The molecule has 2 aromatic rings. The van der Waals surface area contributed by atoms with Crippen LogP contribution in [0.2, 0.25) is 0 Å². The number of rotatable bonds is 11. The number of sulfonamides is 1. The number of hydrogen-bond acceptors (Lipinski definition) is 9. The van der Waals surface area contributed by atoms with E-state index in [9.17, 15) is 45.2 Å². The molecule has 4 amide bonds. The molecule has 0 aromatic heterocycles. The Bertz CT molecular complexity index is 1940. The normalized spacial score (nSPS) is 23.9. The molecule has 2 aliphatic heterocycles. The molecule has 3 fully saturated rings. The molecule has 0 spiro atoms. The fourth-order valence-corrected chi connectivity index (χ4v) is 8.53. The Hall–Kier alpha value is -4.61. The van der Waals surface area contributed by atoms with Gasteiger partial charge in [0, 0.05) is 30.3 Å². The number of anilines is 1. The van der Waals surface area contributed by atoms with Gasteiger partial charge in [-0.2, -0.15) is 0 Å². The van der Waals surface area contributed by atoms with Crippen LogP contribution < -0.4 is 20.1 Å². The van der Waals surface area contributed by atoms with Gasteiger partial charge >= 0.3 is 12.5 Å². The largest absolute Gasteiger partial charge is 0.573 e. The van der Waals surface area contributed by atoms with E-state index in [1.54, 1.807) is 33.8 Å². The molecule has 4 aliphatic rings. The van der Waals surface area contributed by atoms with Crippen molar-refractivity contribution in [2.75, 3.05) is 11.9 Å². The van der Waals surface area contributed by atoms with Crippen LogP contribution in [0.25, 0.3) is 0 Å². The van der Waals surface area contributed by atoms with Crippen LogP contribution in [0.4, 0.5) is 28.0 Å². The Morgan fingerprint density at radius 3 is 2.33 bits per heavy atom. The van der Waals surface area contributed by atoms with E-state index >= 15 is 0 Å². The summed E-state index contributed by atoms with van der Waals surface area (Å²) in [6, 6.07) is 6.98. The number of nitrogens with one attached hydrogen (secondary N) is 3. The molecular formula is C37H47F4N5O8S. The second kappa shape index (κ2) is 15.1. The molecule has 2 heterocycles. The molecule has 13 nitrogen and oxygen atoms in total. The molecule has 2 aromatic carbocycles. The van der Waals surface area contributed by atoms with Gasteiger partial charge in [0.05, 0.1) is 18.3 Å². The molecule has 5 atom stereocenters. The molecule has 55 heavy (non-hydrogen) atoms. The Balaban J connectivity index is 0.00000580. The third kappa shape index (κ3) is 9.10. The fraction of sp³-hybridized carbons (Fsp3) is 0.568. The maximum Gasteiger partial charge on any atom is 0.573 e. The molecule has 0 radical (unpaired) electrons. The van der Waals surface area contributed by atoms with Gasteiger partial charge in [-0.1, -0.05) is 59.7 Å². The Morgan fingerprint density at radius 1 is 1.04 bits per heavy atom. The summed E-state index contributed by atoms with van der Waals surface area (Å²) in [5, 5.41) is 5.03. The maximum atomic E-state index is 14.5. The van der Waals surface area contributed by atoms with Crippen LogP contribution in [0.15, 0.2) is 42.5 Å². The lowest BCUT2D eigenvalue weighted by Gasteiger charge is -2.36. The topological polar surface area (TPSA) is 163 Å². The predicted molar refractivity (Wildman–Crippen MR) is 192 cm³/mol. The summed E-state index contributed by atoms with van der Waals surface area (Å²) in [6.45, 7) is 6.68. The lowest BCUT2D eigenvalue weighted by molar-refractivity contribution is -0.274. The van der Waals surface area contributed by atoms with Gasteiger partial charge in [0.2, 0.25) is 21.8 Å². The average Bonchev–Trinajstić information content (AvgIpc) is 3.96. The van der Waals surface area contributed by atoms with Gasteiger partial charge in [0.25, 0.3) is 5.91 Å². The number of likely N-dealkylation sites (tertiary alicyclic amines) is 1. The summed E-state index contributed by atoms with van der Waals surface area (Å²) in [4.78, 5) is 58.0. The minimum Gasteiger partial charge on any atom is -0.444 e. The molecular weight excluding hydrogens is 750 g/mol. The van der Waals surface area contributed by atoms with Gasteiger partial charge in [-0.3, -0.25) is 24.0 Å². The number of fused-ring (bicyclic) bond motifs is 1. The van der Waals surface area contributed by atoms with Crippen molar-refractivity contribution in [2.45, 2.75) is 116 Å². The van der Waals surface area contributed by atoms with Gasteiger partial charge in [-0.25, -0.2) is 17.6 Å². The predicted octanol–water partition coefficient (Wildman–Crippen LogP) is 5.20. The first-order valence-electron chi connectivity index (χ1n) is 17.7. The molecule has 1 saturated heterocycles. The second-order valence-electron chi connectivity index (χ2n) is 15.4. The Kier molecular flexibility index (Phi) is 11.4. The first kappa shape index (κ1) is 41.6. The zero-order valence-electron chi connectivity index (χ0n) is 30.2. The molecule has 0 bridgehead atoms. The smallest absolute Gasteiger partial charge is 0.444 e. The Morgan fingerprint density at radius 2 is 1.73 bits per heavy atom. The molecule has 0 unspecified atom stereocenters. The number of hydrogen-bond donors (Lipinski definition) is 3. The van der Waals surface area contributed by atoms with Gasteiger partial charge in [0.1, 0.15) is 35.3 Å². The van der Waals surface area contributed by atoms with Crippen LogP contribution >= 0.6 is 0 Å². The van der Waals surface area contributed by atoms with E-state index in [-0.39, 0.29) is 51.5 Å². The summed E-state index contributed by atoms with van der Waals surface area (Å²) in [7, 11) is -3.94. The van der Waals surface area contributed by atoms with Crippen LogP contribution in [0.5, 0.6) is 5.75 Å². The van der Waals surface area contributed by atoms with Crippen molar-refractivity contribution in [1.29, 1.82) is 0 Å². The van der Waals surface area contributed by atoms with Crippen LogP contribution in [-0.4, -0.2) is 83.9 Å². The number of carbonyl (C=O) groups is 4. The van der Waals surface area contributed by atoms with E-state index in [0.29, 0.717) is 30.4 Å². The van der Waals surface area contributed by atoms with Crippen molar-refractivity contribution in [3.8, 4) is 5.75 Å². The number of halogens is 4. The van der Waals surface area contributed by atoms with Crippen LogP contribution in [0.1, 0.15) is 78.4 Å². The first-order valence-corrected chi connectivity index (χ1v) is 19.3. The summed E-state index contributed by atoms with van der Waals surface area (Å²) >= 11 is 0. The van der Waals surface area contributed by atoms with E-state index < -0.39 is 86.2 Å². The van der Waals surface area contributed by atoms with Crippen LogP contribution in [0.3, 0.4) is 0 Å². The van der Waals surface area contributed by atoms with Crippen LogP contribution in [0, 0.1) is 17.2 Å². The van der Waals surface area contributed by atoms with Crippen molar-refractivity contribution in [2.24, 2.45) is 11.3 Å². The third-order valence-electron chi connectivity index (χ3n) is 10.3. The zero-order valence-corrected chi connectivity index (χ0v) is 31.0. The summed E-state index contributed by atoms with van der Waals surface area (Å²) in [5.74, 6) is -3.69. The van der Waals surface area contributed by atoms with Gasteiger partial charge in [-0.15, -0.1) is 13.2 Å². The highest BCUT2D eigenvalue weighted by atomic mass is 32.2. The minimum absolute atomic E-state index is 0. The first-order chi connectivity index (χ1) is 25.2. The third-order valence-corrected chi connectivity index (χ3v) is 12.2. The van der Waals surface area contributed by atoms with Crippen LogP contribution in [-0.2, 0) is 42.2 Å². The fourth-order valence-electron chi connectivity index (χ4n) is 7.16. The zero-order chi connectivity index (χ0) is 39.4. The lowest BCUT2D eigenvalue weighted by atomic mass is 9.85. The maximum absolute atomic E-state index is 14.5. The highest BCUT2D eigenvalue weighted by molar-refractivity contribution is 7.91. The molecule has 18 heteroatoms. The molecule has 2 saturated carbocycles. The van der Waals surface area contributed by atoms with E-state index in [2.05, 4.69) is 20.1 Å². The van der Waals surface area contributed by atoms with E-state index in [0.717, 1.165) is 12.1 Å². The second-order valence-corrected chi connectivity index (χ2v) is 17.4. The van der Waals surface area contributed by atoms with Crippen molar-refractivity contribution in [1.82, 2.24) is 19.8 Å². The summed E-state index contributed by atoms with van der Waals surface area (Å²) < 4.78 is 90.7. The number of nitrogens with zero attached hydrogens (tertiary/aromatic N) is 2. The number of amides is 4. The van der Waals surface area contributed by atoms with Crippen molar-refractivity contribution in [3.63, 3.8) is 0 Å². The lowest BCUT2D eigenvalue weighted by Crippen LogP contribution is -2.58. The van der Waals surface area contributed by atoms with Gasteiger partial charge in [-0.05, 0) is 54.4 Å². The molecule has 6 rings (SSSR count). The average molecular weight is 798 g/mol. The number of alkyl halides is 3. The van der Waals surface area contributed by atoms with Crippen molar-refractivity contribution >= 4 is 39.5 Å². The van der Waals surface area contributed by atoms with Crippen molar-refractivity contribution in [3.05, 3.63) is 59.4 Å².